The van der Waals surface area contributed by atoms with E-state index in [4.69, 9.17) is 11.6 Å². The predicted octanol–water partition coefficient (Wildman–Crippen LogP) is 4.23. The van der Waals surface area contributed by atoms with Crippen LogP contribution in [0.1, 0.15) is 0 Å². The van der Waals surface area contributed by atoms with Crippen LogP contribution >= 0.6 is 22.9 Å². The van der Waals surface area contributed by atoms with Gasteiger partial charge in [-0.05, 0) is 18.2 Å². The first-order valence-corrected chi connectivity index (χ1v) is 6.34. The number of pyridine rings is 1. The number of rotatable bonds is 2. The Morgan fingerprint density at radius 2 is 2.11 bits per heavy atom. The third-order valence-electron chi connectivity index (χ3n) is 2.31. The maximum Gasteiger partial charge on any atom is 0.188 e. The van der Waals surface area contributed by atoms with Crippen molar-refractivity contribution in [3.05, 3.63) is 47.5 Å². The van der Waals surface area contributed by atoms with Crippen LogP contribution in [0.4, 0.5) is 15.2 Å². The number of hydrogen-bond acceptors (Lipinski definition) is 4. The Labute approximate surface area is 111 Å². The number of anilines is 2. The van der Waals surface area contributed by atoms with Gasteiger partial charge in [0.2, 0.25) is 0 Å². The summed E-state index contributed by atoms with van der Waals surface area (Å²) in [5.41, 5.74) is 1.39. The summed E-state index contributed by atoms with van der Waals surface area (Å²) in [5, 5.41) is 4.34. The minimum absolute atomic E-state index is 0.385. The van der Waals surface area contributed by atoms with Crippen LogP contribution in [0.25, 0.3) is 10.2 Å². The zero-order chi connectivity index (χ0) is 12.5. The molecule has 0 bridgehead atoms. The lowest BCUT2D eigenvalue weighted by atomic mass is 10.3. The van der Waals surface area contributed by atoms with E-state index in [0.29, 0.717) is 15.8 Å². The molecule has 0 atom stereocenters. The second-order valence-electron chi connectivity index (χ2n) is 3.65. The van der Waals surface area contributed by atoms with E-state index < -0.39 is 0 Å². The molecule has 1 N–H and O–H groups in total. The van der Waals surface area contributed by atoms with Crippen LogP contribution in [0.5, 0.6) is 0 Å². The van der Waals surface area contributed by atoms with Crippen molar-refractivity contribution in [3.63, 3.8) is 0 Å². The largest absolute Gasteiger partial charge is 0.330 e. The predicted molar refractivity (Wildman–Crippen MR) is 72.1 cm³/mol. The fourth-order valence-electron chi connectivity index (χ4n) is 1.56. The van der Waals surface area contributed by atoms with Gasteiger partial charge in [0, 0.05) is 11.1 Å². The van der Waals surface area contributed by atoms with Crippen molar-refractivity contribution in [1.29, 1.82) is 0 Å². The molecular weight excluding hydrogens is 273 g/mol. The number of nitrogens with one attached hydrogen (secondary N) is 1. The van der Waals surface area contributed by atoms with Gasteiger partial charge in [0.15, 0.2) is 5.13 Å². The third-order valence-corrected chi connectivity index (χ3v) is 3.49. The van der Waals surface area contributed by atoms with Crippen LogP contribution in [-0.4, -0.2) is 9.97 Å². The van der Waals surface area contributed by atoms with Gasteiger partial charge in [-0.15, -0.1) is 0 Å². The average Bonchev–Trinajstić information content (AvgIpc) is 2.70. The molecule has 0 aliphatic heterocycles. The topological polar surface area (TPSA) is 37.8 Å². The van der Waals surface area contributed by atoms with Crippen LogP contribution in [0.3, 0.4) is 0 Å². The first kappa shape index (κ1) is 11.4. The van der Waals surface area contributed by atoms with E-state index in [1.807, 2.05) is 12.1 Å². The smallest absolute Gasteiger partial charge is 0.188 e. The van der Waals surface area contributed by atoms with E-state index in [1.54, 1.807) is 12.3 Å². The molecule has 3 rings (SSSR count). The van der Waals surface area contributed by atoms with Crippen molar-refractivity contribution in [2.75, 3.05) is 5.32 Å². The highest BCUT2D eigenvalue weighted by Crippen LogP contribution is 2.29. The van der Waals surface area contributed by atoms with Crippen molar-refractivity contribution >= 4 is 44.0 Å². The summed E-state index contributed by atoms with van der Waals surface area (Å²) < 4.78 is 14.0. The molecule has 3 nitrogen and oxygen atoms in total. The number of halogens is 2. The third kappa shape index (κ3) is 2.27. The maximum atomic E-state index is 13.0. The quantitative estimate of drug-likeness (QED) is 0.763. The molecule has 0 spiro atoms. The van der Waals surface area contributed by atoms with Gasteiger partial charge in [-0.3, -0.25) is 4.98 Å². The molecule has 0 aliphatic rings. The highest BCUT2D eigenvalue weighted by Gasteiger charge is 2.05. The van der Waals surface area contributed by atoms with Crippen LogP contribution in [0.2, 0.25) is 5.02 Å². The molecule has 3 aromatic rings. The van der Waals surface area contributed by atoms with E-state index in [0.717, 1.165) is 16.4 Å². The molecule has 2 aromatic heterocycles. The van der Waals surface area contributed by atoms with Gasteiger partial charge in [-0.1, -0.05) is 22.9 Å². The molecule has 0 unspecified atom stereocenters. The molecule has 0 saturated carbocycles. The van der Waals surface area contributed by atoms with E-state index in [1.165, 1.54) is 17.4 Å². The SMILES string of the molecule is Fc1cncc(Nc2nc3cc(Cl)ccc3s2)c1. The minimum atomic E-state index is -0.385. The van der Waals surface area contributed by atoms with Gasteiger partial charge in [-0.25, -0.2) is 9.37 Å². The summed E-state index contributed by atoms with van der Waals surface area (Å²) in [7, 11) is 0. The number of thiazole rings is 1. The Kier molecular flexibility index (Phi) is 2.85. The number of fused-ring (bicyclic) bond motifs is 1. The van der Waals surface area contributed by atoms with Crippen molar-refractivity contribution < 1.29 is 4.39 Å². The van der Waals surface area contributed by atoms with E-state index in [2.05, 4.69) is 15.3 Å². The summed E-state index contributed by atoms with van der Waals surface area (Å²) in [5.74, 6) is -0.385. The van der Waals surface area contributed by atoms with E-state index in [9.17, 15) is 4.39 Å². The fourth-order valence-corrected chi connectivity index (χ4v) is 2.59. The molecule has 0 fully saturated rings. The van der Waals surface area contributed by atoms with Crippen LogP contribution < -0.4 is 5.32 Å². The first-order valence-electron chi connectivity index (χ1n) is 5.14. The number of aromatic nitrogens is 2. The van der Waals surface area contributed by atoms with Gasteiger partial charge in [0.1, 0.15) is 5.82 Å². The number of benzene rings is 1. The lowest BCUT2D eigenvalue weighted by Gasteiger charge is -2.00. The monoisotopic (exact) mass is 279 g/mol. The molecule has 18 heavy (non-hydrogen) atoms. The molecule has 2 heterocycles. The van der Waals surface area contributed by atoms with Crippen molar-refractivity contribution in [2.24, 2.45) is 0 Å². The summed E-state index contributed by atoms with van der Waals surface area (Å²) in [4.78, 5) is 8.14. The molecule has 0 radical (unpaired) electrons. The standard InChI is InChI=1S/C12H7ClFN3S/c13-7-1-2-11-10(3-7)17-12(18-11)16-9-4-8(14)5-15-6-9/h1-6H,(H,16,17). The Morgan fingerprint density at radius 3 is 2.94 bits per heavy atom. The molecule has 0 aliphatic carbocycles. The van der Waals surface area contributed by atoms with Gasteiger partial charge in [-0.2, -0.15) is 0 Å². The number of hydrogen-bond donors (Lipinski definition) is 1. The zero-order valence-corrected chi connectivity index (χ0v) is 10.6. The summed E-state index contributed by atoms with van der Waals surface area (Å²) in [6.45, 7) is 0. The maximum absolute atomic E-state index is 13.0. The molecule has 0 amide bonds. The summed E-state index contributed by atoms with van der Waals surface area (Å²) in [6.07, 6.45) is 2.70. The molecule has 90 valence electrons. The van der Waals surface area contributed by atoms with Crippen LogP contribution in [-0.2, 0) is 0 Å². The van der Waals surface area contributed by atoms with Crippen LogP contribution in [0.15, 0.2) is 36.7 Å². The van der Waals surface area contributed by atoms with Crippen LogP contribution in [0, 0.1) is 5.82 Å². The van der Waals surface area contributed by atoms with Crippen molar-refractivity contribution in [3.8, 4) is 0 Å². The average molecular weight is 280 g/mol. The lowest BCUT2D eigenvalue weighted by Crippen LogP contribution is -1.90. The Bertz CT molecular complexity index is 713. The highest BCUT2D eigenvalue weighted by molar-refractivity contribution is 7.22. The molecule has 0 saturated heterocycles. The second-order valence-corrected chi connectivity index (χ2v) is 5.11. The van der Waals surface area contributed by atoms with E-state index >= 15 is 0 Å². The Balaban J connectivity index is 1.95. The minimum Gasteiger partial charge on any atom is -0.330 e. The second kappa shape index (κ2) is 4.51. The fraction of sp³-hybridized carbons (Fsp3) is 0. The summed E-state index contributed by atoms with van der Waals surface area (Å²) in [6, 6.07) is 6.88. The Hall–Kier alpha value is -1.72. The van der Waals surface area contributed by atoms with Gasteiger partial charge < -0.3 is 5.32 Å². The Morgan fingerprint density at radius 1 is 1.22 bits per heavy atom. The summed E-state index contributed by atoms with van der Waals surface area (Å²) >= 11 is 7.37. The van der Waals surface area contributed by atoms with Gasteiger partial charge in [0.25, 0.3) is 0 Å². The van der Waals surface area contributed by atoms with Gasteiger partial charge >= 0.3 is 0 Å². The molecular formula is C12H7ClFN3S. The number of nitrogens with zero attached hydrogens (tertiary/aromatic N) is 2. The van der Waals surface area contributed by atoms with Crippen molar-refractivity contribution in [2.45, 2.75) is 0 Å². The highest BCUT2D eigenvalue weighted by atomic mass is 35.5. The van der Waals surface area contributed by atoms with E-state index in [-0.39, 0.29) is 5.82 Å². The first-order chi connectivity index (χ1) is 8.70. The zero-order valence-electron chi connectivity index (χ0n) is 9.02. The van der Waals surface area contributed by atoms with Crippen molar-refractivity contribution in [1.82, 2.24) is 9.97 Å². The molecule has 1 aromatic carbocycles. The lowest BCUT2D eigenvalue weighted by molar-refractivity contribution is 0.622. The molecule has 6 heteroatoms. The normalized spacial score (nSPS) is 10.8. The van der Waals surface area contributed by atoms with Gasteiger partial charge in [0.05, 0.1) is 28.3 Å².